The van der Waals surface area contributed by atoms with Crippen LogP contribution in [0.2, 0.25) is 0 Å². The van der Waals surface area contributed by atoms with Crippen molar-refractivity contribution in [3.63, 3.8) is 0 Å². The van der Waals surface area contributed by atoms with E-state index in [1.807, 2.05) is 4.72 Å². The number of non-ortho nitro benzene ring substituents is 1. The number of carbonyl (C=O) groups excluding carboxylic acids is 1. The molecule has 1 fully saturated rings. The number of benzene rings is 3. The summed E-state index contributed by atoms with van der Waals surface area (Å²) in [5.41, 5.74) is 1.85. The SMILES string of the molecule is CS(=O)(=O)NC(=O)c1ccc(-c2ccc(OCCN(C[C@@H](O)c3ccc([N+](=O)[O-])cc3)C(=O)O)cc2)cc1OC1CCCCC1. The highest BCUT2D eigenvalue weighted by molar-refractivity contribution is 7.89. The number of hydrogen-bond donors (Lipinski definition) is 3. The van der Waals surface area contributed by atoms with Crippen LogP contribution in [-0.4, -0.2) is 72.5 Å². The first-order valence-electron chi connectivity index (χ1n) is 14.4. The Labute approximate surface area is 260 Å². The maximum atomic E-state index is 12.7. The van der Waals surface area contributed by atoms with Gasteiger partial charge in [0.25, 0.3) is 11.6 Å². The third-order valence-corrected chi connectivity index (χ3v) is 7.88. The molecule has 0 saturated heterocycles. The van der Waals surface area contributed by atoms with Gasteiger partial charge in [-0.1, -0.05) is 24.6 Å². The number of sulfonamides is 1. The zero-order chi connectivity index (χ0) is 32.6. The molecular weight excluding hydrogens is 606 g/mol. The molecule has 0 unspecified atom stereocenters. The van der Waals surface area contributed by atoms with Crippen molar-refractivity contribution in [2.75, 3.05) is 26.0 Å². The number of rotatable bonds is 13. The van der Waals surface area contributed by atoms with Gasteiger partial charge in [-0.3, -0.25) is 14.9 Å². The maximum absolute atomic E-state index is 12.7. The number of nitro groups is 1. The van der Waals surface area contributed by atoms with Crippen LogP contribution in [0.3, 0.4) is 0 Å². The third-order valence-electron chi connectivity index (χ3n) is 7.32. The average Bonchev–Trinajstić information content (AvgIpc) is 3.00. The van der Waals surface area contributed by atoms with E-state index in [0.29, 0.717) is 17.1 Å². The molecule has 0 radical (unpaired) electrons. The van der Waals surface area contributed by atoms with E-state index in [9.17, 15) is 38.3 Å². The number of ether oxygens (including phenoxy) is 2. The van der Waals surface area contributed by atoms with Gasteiger partial charge >= 0.3 is 6.09 Å². The Morgan fingerprint density at radius 2 is 1.67 bits per heavy atom. The number of hydrogen-bond acceptors (Lipinski definition) is 9. The molecule has 1 aliphatic rings. The van der Waals surface area contributed by atoms with Gasteiger partial charge in [0, 0.05) is 12.1 Å². The van der Waals surface area contributed by atoms with Crippen LogP contribution in [0, 0.1) is 10.1 Å². The summed E-state index contributed by atoms with van der Waals surface area (Å²) >= 11 is 0. The Balaban J connectivity index is 1.40. The number of nitrogens with one attached hydrogen (secondary N) is 1. The van der Waals surface area contributed by atoms with Gasteiger partial charge in [-0.2, -0.15) is 0 Å². The second-order valence-electron chi connectivity index (χ2n) is 10.8. The second-order valence-corrected chi connectivity index (χ2v) is 12.5. The lowest BCUT2D eigenvalue weighted by Crippen LogP contribution is -2.36. The predicted octanol–water partition coefficient (Wildman–Crippen LogP) is 4.76. The first-order chi connectivity index (χ1) is 21.4. The molecule has 0 spiro atoms. The van der Waals surface area contributed by atoms with Crippen molar-refractivity contribution in [3.05, 3.63) is 88.0 Å². The smallest absolute Gasteiger partial charge is 0.407 e. The van der Waals surface area contributed by atoms with E-state index in [1.54, 1.807) is 36.4 Å². The van der Waals surface area contributed by atoms with Crippen molar-refractivity contribution >= 4 is 27.7 Å². The van der Waals surface area contributed by atoms with Crippen LogP contribution < -0.4 is 14.2 Å². The molecule has 4 rings (SSSR count). The summed E-state index contributed by atoms with van der Waals surface area (Å²) in [5.74, 6) is 0.00246. The predicted molar refractivity (Wildman–Crippen MR) is 165 cm³/mol. The molecule has 3 N–H and O–H groups in total. The topological polar surface area (TPSA) is 186 Å². The summed E-state index contributed by atoms with van der Waals surface area (Å²) in [6.07, 6.45) is 3.24. The van der Waals surface area contributed by atoms with E-state index in [2.05, 4.69) is 0 Å². The van der Waals surface area contributed by atoms with Crippen LogP contribution in [0.15, 0.2) is 66.7 Å². The van der Waals surface area contributed by atoms with Gasteiger partial charge in [-0.15, -0.1) is 0 Å². The van der Waals surface area contributed by atoms with Crippen LogP contribution >= 0.6 is 0 Å². The molecule has 3 aromatic rings. The number of amides is 2. The summed E-state index contributed by atoms with van der Waals surface area (Å²) in [6.45, 7) is -0.291. The van der Waals surface area contributed by atoms with Gasteiger partial charge in [0.1, 0.15) is 18.1 Å². The van der Waals surface area contributed by atoms with Crippen molar-refractivity contribution in [3.8, 4) is 22.6 Å². The molecule has 1 aliphatic carbocycles. The molecule has 13 nitrogen and oxygen atoms in total. The van der Waals surface area contributed by atoms with Crippen LogP contribution in [0.4, 0.5) is 10.5 Å². The largest absolute Gasteiger partial charge is 0.492 e. The van der Waals surface area contributed by atoms with Gasteiger partial charge < -0.3 is 24.6 Å². The molecule has 240 valence electrons. The number of nitrogens with zero attached hydrogens (tertiary/aromatic N) is 2. The normalized spacial score (nSPS) is 14.3. The fraction of sp³-hybridized carbons (Fsp3) is 0.355. The van der Waals surface area contributed by atoms with E-state index in [1.165, 1.54) is 30.3 Å². The first kappa shape index (κ1) is 33.2. The zero-order valence-corrected chi connectivity index (χ0v) is 25.4. The molecule has 2 amide bonds. The zero-order valence-electron chi connectivity index (χ0n) is 24.6. The molecule has 0 aliphatic heterocycles. The van der Waals surface area contributed by atoms with Gasteiger partial charge in [0.05, 0.1) is 42.0 Å². The molecule has 3 aromatic carbocycles. The van der Waals surface area contributed by atoms with Gasteiger partial charge in [-0.25, -0.2) is 17.9 Å². The summed E-state index contributed by atoms with van der Waals surface area (Å²) in [4.78, 5) is 35.7. The second kappa shape index (κ2) is 14.9. The Morgan fingerprint density at radius 3 is 2.27 bits per heavy atom. The summed E-state index contributed by atoms with van der Waals surface area (Å²) in [6, 6.07) is 17.2. The molecule has 0 aromatic heterocycles. The first-order valence-corrected chi connectivity index (χ1v) is 16.2. The summed E-state index contributed by atoms with van der Waals surface area (Å²) in [7, 11) is -3.77. The highest BCUT2D eigenvalue weighted by Crippen LogP contribution is 2.32. The molecular formula is C31H35N3O10S. The Hall–Kier alpha value is -4.69. The minimum absolute atomic E-state index is 0.00213. The number of aliphatic hydroxyl groups is 1. The molecule has 1 atom stereocenters. The van der Waals surface area contributed by atoms with Crippen LogP contribution in [0.25, 0.3) is 11.1 Å². The lowest BCUT2D eigenvalue weighted by atomic mass is 9.97. The Morgan fingerprint density at radius 1 is 1.02 bits per heavy atom. The fourth-order valence-corrected chi connectivity index (χ4v) is 5.43. The summed E-state index contributed by atoms with van der Waals surface area (Å²) < 4.78 is 37.3. The quantitative estimate of drug-likeness (QED) is 0.174. The standard InChI is InChI=1S/C31H35N3O10S/c1-45(41,42)32-30(36)27-16-11-23(19-29(27)44-26-5-3-2-4-6-26)21-9-14-25(15-10-21)43-18-17-33(31(37)38)20-28(35)22-7-12-24(13-8-22)34(39)40/h7-16,19,26,28,35H,2-6,17-18,20H2,1H3,(H,32,36)(H,37,38)/t28-/m1/s1. The molecule has 0 bridgehead atoms. The van der Waals surface area contributed by atoms with Crippen molar-refractivity contribution in [1.29, 1.82) is 0 Å². The highest BCUT2D eigenvalue weighted by Gasteiger charge is 2.22. The number of aliphatic hydroxyl groups excluding tert-OH is 1. The lowest BCUT2D eigenvalue weighted by molar-refractivity contribution is -0.384. The van der Waals surface area contributed by atoms with Gasteiger partial charge in [-0.05, 0) is 78.8 Å². The van der Waals surface area contributed by atoms with E-state index < -0.39 is 33.1 Å². The van der Waals surface area contributed by atoms with Crippen LogP contribution in [-0.2, 0) is 10.0 Å². The van der Waals surface area contributed by atoms with Crippen molar-refractivity contribution in [2.24, 2.45) is 0 Å². The monoisotopic (exact) mass is 641 g/mol. The lowest BCUT2D eigenvalue weighted by Gasteiger charge is -2.24. The van der Waals surface area contributed by atoms with Gasteiger partial charge in [0.2, 0.25) is 10.0 Å². The van der Waals surface area contributed by atoms with Crippen molar-refractivity contribution in [1.82, 2.24) is 9.62 Å². The maximum Gasteiger partial charge on any atom is 0.407 e. The van der Waals surface area contributed by atoms with Crippen LogP contribution in [0.1, 0.15) is 54.1 Å². The molecule has 45 heavy (non-hydrogen) atoms. The third kappa shape index (κ3) is 9.65. The van der Waals surface area contributed by atoms with Gasteiger partial charge in [0.15, 0.2) is 0 Å². The summed E-state index contributed by atoms with van der Waals surface area (Å²) in [5, 5.41) is 30.9. The molecule has 14 heteroatoms. The number of carbonyl (C=O) groups is 2. The molecule has 1 saturated carbocycles. The Bertz CT molecular complexity index is 1610. The number of nitro benzene ring substituents is 1. The van der Waals surface area contributed by atoms with E-state index in [4.69, 9.17) is 9.47 Å². The van der Waals surface area contributed by atoms with Crippen LogP contribution in [0.5, 0.6) is 11.5 Å². The van der Waals surface area contributed by atoms with E-state index in [0.717, 1.165) is 54.4 Å². The van der Waals surface area contributed by atoms with E-state index >= 15 is 0 Å². The highest BCUT2D eigenvalue weighted by atomic mass is 32.2. The van der Waals surface area contributed by atoms with E-state index in [-0.39, 0.29) is 37.1 Å². The Kier molecular flexibility index (Phi) is 11.0. The number of carboxylic acid groups (broad SMARTS) is 1. The molecule has 0 heterocycles. The minimum Gasteiger partial charge on any atom is -0.492 e. The van der Waals surface area contributed by atoms with Crippen molar-refractivity contribution in [2.45, 2.75) is 44.3 Å². The van der Waals surface area contributed by atoms with Crippen molar-refractivity contribution < 1.29 is 42.6 Å². The minimum atomic E-state index is -3.77. The average molecular weight is 642 g/mol. The fourth-order valence-electron chi connectivity index (χ4n) is 4.99.